The fourth-order valence-electron chi connectivity index (χ4n) is 0.644. The number of hydrogen-bond acceptors (Lipinski definition) is 1. The molecule has 0 amide bonds. The van der Waals surface area contributed by atoms with E-state index in [0.29, 0.717) is 0 Å². The maximum Gasteiger partial charge on any atom is 0.120 e. The van der Waals surface area contributed by atoms with Crippen molar-refractivity contribution in [1.82, 2.24) is 0 Å². The molecule has 0 saturated carbocycles. The molecule has 0 saturated heterocycles. The zero-order valence-electron chi connectivity index (χ0n) is 5.89. The minimum absolute atomic E-state index is 1.02. The Bertz CT molecular complexity index is 90.7. The predicted molar refractivity (Wildman–Crippen MR) is 38.7 cm³/mol. The first-order valence-electron chi connectivity index (χ1n) is 3.44. The van der Waals surface area contributed by atoms with Crippen LogP contribution in [-0.4, -0.2) is 5.94 Å². The molecule has 0 aliphatic carbocycles. The summed E-state index contributed by atoms with van der Waals surface area (Å²) in [5, 5.41) is 0. The van der Waals surface area contributed by atoms with Crippen LogP contribution in [0.2, 0.25) is 0 Å². The summed E-state index contributed by atoms with van der Waals surface area (Å²) in [6.07, 6.45) is 8.00. The van der Waals surface area contributed by atoms with E-state index in [2.05, 4.69) is 6.92 Å². The summed E-state index contributed by atoms with van der Waals surface area (Å²) < 4.78 is 0. The SMILES string of the molecule is CCCCC[CH]C=C=O. The monoisotopic (exact) mass is 125 g/mol. The predicted octanol–water partition coefficient (Wildman–Crippen LogP) is 2.16. The van der Waals surface area contributed by atoms with Crippen molar-refractivity contribution < 1.29 is 4.79 Å². The summed E-state index contributed by atoms with van der Waals surface area (Å²) in [5.41, 5.74) is 0. The van der Waals surface area contributed by atoms with E-state index in [4.69, 9.17) is 0 Å². The standard InChI is InChI=1S/C8H13O/c1-2-3-4-5-6-7-8-9/h6-7H,2-5H2,1H3. The van der Waals surface area contributed by atoms with Gasteiger partial charge in [-0.3, -0.25) is 0 Å². The van der Waals surface area contributed by atoms with Crippen molar-refractivity contribution in [1.29, 1.82) is 0 Å². The van der Waals surface area contributed by atoms with Gasteiger partial charge in [0, 0.05) is 6.08 Å². The van der Waals surface area contributed by atoms with Crippen LogP contribution in [0.3, 0.4) is 0 Å². The van der Waals surface area contributed by atoms with Gasteiger partial charge in [0.15, 0.2) is 0 Å². The molecule has 1 nitrogen and oxygen atoms in total. The Morgan fingerprint density at radius 1 is 1.44 bits per heavy atom. The summed E-state index contributed by atoms with van der Waals surface area (Å²) in [5.74, 6) is 1.71. The van der Waals surface area contributed by atoms with Gasteiger partial charge < -0.3 is 0 Å². The van der Waals surface area contributed by atoms with E-state index in [1.807, 2.05) is 6.42 Å². The quantitative estimate of drug-likeness (QED) is 0.406. The van der Waals surface area contributed by atoms with Crippen LogP contribution in [0.5, 0.6) is 0 Å². The average Bonchev–Trinajstić information content (AvgIpc) is 1.89. The van der Waals surface area contributed by atoms with E-state index in [9.17, 15) is 4.79 Å². The van der Waals surface area contributed by atoms with Crippen LogP contribution in [0, 0.1) is 6.42 Å². The summed E-state index contributed by atoms with van der Waals surface area (Å²) in [6.45, 7) is 2.16. The Balaban J connectivity index is 2.82. The van der Waals surface area contributed by atoms with E-state index < -0.39 is 0 Å². The smallest absolute Gasteiger partial charge is 0.120 e. The molecule has 0 bridgehead atoms. The van der Waals surface area contributed by atoms with E-state index >= 15 is 0 Å². The van der Waals surface area contributed by atoms with E-state index in [1.165, 1.54) is 25.3 Å². The van der Waals surface area contributed by atoms with Gasteiger partial charge in [-0.15, -0.1) is 0 Å². The molecular weight excluding hydrogens is 112 g/mol. The molecule has 0 unspecified atom stereocenters. The fourth-order valence-corrected chi connectivity index (χ4v) is 0.644. The second-order valence-corrected chi connectivity index (χ2v) is 2.02. The third-order valence-corrected chi connectivity index (χ3v) is 1.16. The van der Waals surface area contributed by atoms with E-state index in [0.717, 1.165) is 6.42 Å². The molecule has 0 aliphatic rings. The largest absolute Gasteiger partial charge is 0.234 e. The highest BCUT2D eigenvalue weighted by Gasteiger charge is 1.83. The minimum atomic E-state index is 1.02. The number of unbranched alkanes of at least 4 members (excludes halogenated alkanes) is 4. The molecule has 0 heterocycles. The third kappa shape index (κ3) is 7.45. The Kier molecular flexibility index (Phi) is 6.99. The molecule has 0 aromatic carbocycles. The van der Waals surface area contributed by atoms with Crippen LogP contribution >= 0.6 is 0 Å². The van der Waals surface area contributed by atoms with Crippen molar-refractivity contribution in [3.05, 3.63) is 12.5 Å². The van der Waals surface area contributed by atoms with Crippen LogP contribution in [0.25, 0.3) is 0 Å². The Hall–Kier alpha value is -0.550. The molecule has 0 fully saturated rings. The maximum absolute atomic E-state index is 9.63. The lowest BCUT2D eigenvalue weighted by Crippen LogP contribution is -1.74. The molecule has 0 atom stereocenters. The zero-order valence-corrected chi connectivity index (χ0v) is 5.89. The molecule has 0 N–H and O–H groups in total. The van der Waals surface area contributed by atoms with Crippen molar-refractivity contribution in [3.63, 3.8) is 0 Å². The summed E-state index contributed by atoms with van der Waals surface area (Å²) in [4.78, 5) is 9.63. The van der Waals surface area contributed by atoms with Gasteiger partial charge in [-0.1, -0.05) is 26.2 Å². The minimum Gasteiger partial charge on any atom is -0.234 e. The lowest BCUT2D eigenvalue weighted by Gasteiger charge is -1.90. The molecule has 0 aliphatic heterocycles. The average molecular weight is 125 g/mol. The number of hydrogen-bond donors (Lipinski definition) is 0. The normalized spacial score (nSPS) is 8.56. The first kappa shape index (κ1) is 8.45. The second-order valence-electron chi connectivity index (χ2n) is 2.02. The summed E-state index contributed by atoms with van der Waals surface area (Å²) in [6, 6.07) is 0. The van der Waals surface area contributed by atoms with Crippen molar-refractivity contribution in [3.8, 4) is 0 Å². The van der Waals surface area contributed by atoms with Crippen molar-refractivity contribution in [2.24, 2.45) is 0 Å². The molecule has 1 heteroatoms. The van der Waals surface area contributed by atoms with Crippen LogP contribution in [-0.2, 0) is 4.79 Å². The van der Waals surface area contributed by atoms with Crippen molar-refractivity contribution >= 4 is 5.94 Å². The third-order valence-electron chi connectivity index (χ3n) is 1.16. The van der Waals surface area contributed by atoms with Gasteiger partial charge in [0.05, 0.1) is 0 Å². The number of allylic oxidation sites excluding steroid dienone is 1. The molecule has 0 rings (SSSR count). The highest BCUT2D eigenvalue weighted by atomic mass is 16.1. The molecule has 0 aromatic rings. The highest BCUT2D eigenvalue weighted by molar-refractivity contribution is 5.47. The second kappa shape index (κ2) is 7.45. The Morgan fingerprint density at radius 2 is 2.22 bits per heavy atom. The van der Waals surface area contributed by atoms with Gasteiger partial charge >= 0.3 is 0 Å². The molecular formula is C8H13O. The molecule has 9 heavy (non-hydrogen) atoms. The topological polar surface area (TPSA) is 17.1 Å². The van der Waals surface area contributed by atoms with Gasteiger partial charge in [0.2, 0.25) is 0 Å². The van der Waals surface area contributed by atoms with Gasteiger partial charge in [-0.05, 0) is 12.8 Å². The van der Waals surface area contributed by atoms with E-state index in [1.54, 1.807) is 5.94 Å². The summed E-state index contributed by atoms with van der Waals surface area (Å²) >= 11 is 0. The highest BCUT2D eigenvalue weighted by Crippen LogP contribution is 2.00. The van der Waals surface area contributed by atoms with Crippen LogP contribution in [0.4, 0.5) is 0 Å². The van der Waals surface area contributed by atoms with Crippen LogP contribution in [0.1, 0.15) is 32.6 Å². The maximum atomic E-state index is 9.63. The Morgan fingerprint density at radius 3 is 2.78 bits per heavy atom. The summed E-state index contributed by atoms with van der Waals surface area (Å²) in [7, 11) is 0. The zero-order chi connectivity index (χ0) is 6.95. The van der Waals surface area contributed by atoms with Gasteiger partial charge in [-0.2, -0.15) is 0 Å². The molecule has 51 valence electrons. The Labute approximate surface area is 56.8 Å². The number of rotatable bonds is 5. The van der Waals surface area contributed by atoms with Gasteiger partial charge in [0.25, 0.3) is 0 Å². The van der Waals surface area contributed by atoms with Crippen molar-refractivity contribution in [2.75, 3.05) is 0 Å². The lowest BCUT2D eigenvalue weighted by molar-refractivity contribution is 0.568. The molecule has 1 radical (unpaired) electrons. The first-order valence-corrected chi connectivity index (χ1v) is 3.44. The van der Waals surface area contributed by atoms with Crippen LogP contribution in [0.15, 0.2) is 6.08 Å². The number of carbonyl (C=O) groups excluding carboxylic acids is 1. The first-order chi connectivity index (χ1) is 4.41. The van der Waals surface area contributed by atoms with Crippen molar-refractivity contribution in [2.45, 2.75) is 32.6 Å². The fraction of sp³-hybridized carbons (Fsp3) is 0.625. The van der Waals surface area contributed by atoms with E-state index in [-0.39, 0.29) is 0 Å². The van der Waals surface area contributed by atoms with Gasteiger partial charge in [0.1, 0.15) is 5.94 Å². The van der Waals surface area contributed by atoms with Gasteiger partial charge in [-0.25, -0.2) is 4.79 Å². The lowest BCUT2D eigenvalue weighted by atomic mass is 10.2. The molecule has 0 aromatic heterocycles. The van der Waals surface area contributed by atoms with Crippen LogP contribution < -0.4 is 0 Å². The molecule has 0 spiro atoms.